The second-order valence-electron chi connectivity index (χ2n) is 6.31. The Morgan fingerprint density at radius 2 is 1.73 bits per heavy atom. The molecule has 13 heteroatoms. The van der Waals surface area contributed by atoms with E-state index in [1.54, 1.807) is 0 Å². The fourth-order valence-electron chi connectivity index (χ4n) is 2.53. The van der Waals surface area contributed by atoms with Gasteiger partial charge in [0.15, 0.2) is 5.75 Å². The first-order valence-corrected chi connectivity index (χ1v) is 9.11. The van der Waals surface area contributed by atoms with Crippen LogP contribution in [0.2, 0.25) is 10.0 Å². The van der Waals surface area contributed by atoms with Gasteiger partial charge in [0.1, 0.15) is 6.20 Å². The van der Waals surface area contributed by atoms with Crippen molar-refractivity contribution in [2.75, 3.05) is 0 Å². The molecule has 2 aromatic heterocycles. The van der Waals surface area contributed by atoms with Crippen molar-refractivity contribution in [3.63, 3.8) is 0 Å². The zero-order chi connectivity index (χ0) is 22.2. The fraction of sp³-hybridized carbons (Fsp3) is 0.235. The van der Waals surface area contributed by atoms with Crippen LogP contribution in [-0.2, 0) is 0 Å². The molecule has 0 atom stereocenters. The molecule has 0 saturated heterocycles. The zero-order valence-electron chi connectivity index (χ0n) is 15.4. The van der Waals surface area contributed by atoms with Gasteiger partial charge in [0.25, 0.3) is 11.1 Å². The standard InChI is InChI=1S/C17H13Cl2F2N5O4/c1-7(2)9-5-12(23-24-15(9)28)30-14-10(18)3-8(4-11(14)19)26-17(29)25(16(20)21)13(27)6-22-26/h3-7,16H,1-2H3,(H,24,28). The van der Waals surface area contributed by atoms with E-state index < -0.39 is 17.8 Å². The summed E-state index contributed by atoms with van der Waals surface area (Å²) in [4.78, 5) is 35.4. The first-order valence-electron chi connectivity index (χ1n) is 8.36. The van der Waals surface area contributed by atoms with E-state index >= 15 is 0 Å². The zero-order valence-corrected chi connectivity index (χ0v) is 16.9. The number of alkyl halides is 2. The highest BCUT2D eigenvalue weighted by atomic mass is 35.5. The molecule has 9 nitrogen and oxygen atoms in total. The predicted octanol–water partition coefficient (Wildman–Crippen LogP) is 3.10. The average Bonchev–Trinajstić information content (AvgIpc) is 2.65. The largest absolute Gasteiger partial charge is 0.434 e. The Morgan fingerprint density at radius 3 is 2.30 bits per heavy atom. The number of hydrogen-bond donors (Lipinski definition) is 1. The van der Waals surface area contributed by atoms with Gasteiger partial charge in [-0.3, -0.25) is 9.59 Å². The molecule has 0 unspecified atom stereocenters. The molecule has 0 spiro atoms. The van der Waals surface area contributed by atoms with Gasteiger partial charge >= 0.3 is 12.2 Å². The van der Waals surface area contributed by atoms with Crippen LogP contribution in [-0.4, -0.2) is 24.5 Å². The number of nitrogens with one attached hydrogen (secondary N) is 1. The minimum Gasteiger partial charge on any atom is -0.434 e. The molecule has 0 amide bonds. The maximum Gasteiger partial charge on any atom is 0.356 e. The van der Waals surface area contributed by atoms with Gasteiger partial charge in [0.2, 0.25) is 5.88 Å². The van der Waals surface area contributed by atoms with Crippen molar-refractivity contribution in [2.45, 2.75) is 26.3 Å². The fourth-order valence-corrected chi connectivity index (χ4v) is 3.08. The smallest absolute Gasteiger partial charge is 0.356 e. The van der Waals surface area contributed by atoms with Crippen molar-refractivity contribution in [1.29, 1.82) is 0 Å². The summed E-state index contributed by atoms with van der Waals surface area (Å²) in [5.41, 5.74) is -2.65. The van der Waals surface area contributed by atoms with E-state index in [0.717, 1.165) is 0 Å². The van der Waals surface area contributed by atoms with E-state index in [1.165, 1.54) is 18.2 Å². The summed E-state index contributed by atoms with van der Waals surface area (Å²) in [6, 6.07) is 3.80. The molecule has 0 aliphatic heterocycles. The molecule has 0 bridgehead atoms. The SMILES string of the molecule is CC(C)c1cc(Oc2c(Cl)cc(-n3ncc(=O)n(C(F)F)c3=O)cc2Cl)n[nH]c1=O. The first kappa shape index (κ1) is 21.7. The molecular formula is C17H13Cl2F2N5O4. The highest BCUT2D eigenvalue weighted by Crippen LogP contribution is 2.37. The van der Waals surface area contributed by atoms with Crippen molar-refractivity contribution in [3.8, 4) is 17.3 Å². The third kappa shape index (κ3) is 4.12. The summed E-state index contributed by atoms with van der Waals surface area (Å²) in [6.07, 6.45) is 0.567. The number of ether oxygens (including phenoxy) is 1. The van der Waals surface area contributed by atoms with Gasteiger partial charge in [-0.1, -0.05) is 37.0 Å². The van der Waals surface area contributed by atoms with Crippen LogP contribution in [0.1, 0.15) is 31.9 Å². The number of rotatable bonds is 5. The van der Waals surface area contributed by atoms with E-state index in [1.807, 2.05) is 13.8 Å². The van der Waals surface area contributed by atoms with Gasteiger partial charge in [-0.05, 0) is 18.1 Å². The maximum atomic E-state index is 13.0. The number of H-pyrrole nitrogens is 1. The van der Waals surface area contributed by atoms with E-state index in [0.29, 0.717) is 16.4 Å². The molecule has 0 radical (unpaired) electrons. The van der Waals surface area contributed by atoms with Gasteiger partial charge < -0.3 is 4.74 Å². The summed E-state index contributed by atoms with van der Waals surface area (Å²) in [5.74, 6) is -0.140. The van der Waals surface area contributed by atoms with Gasteiger partial charge in [-0.25, -0.2) is 9.89 Å². The topological polar surface area (TPSA) is 112 Å². The lowest BCUT2D eigenvalue weighted by Gasteiger charge is -2.13. The summed E-state index contributed by atoms with van der Waals surface area (Å²) >= 11 is 12.4. The maximum absolute atomic E-state index is 13.0. The highest BCUT2D eigenvalue weighted by Gasteiger charge is 2.19. The number of halogens is 4. The molecule has 1 aromatic carbocycles. The van der Waals surface area contributed by atoms with Crippen LogP contribution in [0.4, 0.5) is 8.78 Å². The van der Waals surface area contributed by atoms with Crippen LogP contribution in [0.25, 0.3) is 5.69 Å². The van der Waals surface area contributed by atoms with Crippen LogP contribution in [0, 0.1) is 0 Å². The molecule has 3 rings (SSSR count). The Labute approximate surface area is 176 Å². The van der Waals surface area contributed by atoms with Crippen molar-refractivity contribution in [3.05, 3.63) is 71.2 Å². The first-order chi connectivity index (χ1) is 14.1. The number of aromatic nitrogens is 5. The van der Waals surface area contributed by atoms with Gasteiger partial charge in [-0.2, -0.15) is 23.1 Å². The van der Waals surface area contributed by atoms with Crippen LogP contribution < -0.4 is 21.5 Å². The summed E-state index contributed by atoms with van der Waals surface area (Å²) in [6.45, 7) is 0.272. The van der Waals surface area contributed by atoms with Crippen LogP contribution in [0.15, 0.2) is 38.8 Å². The van der Waals surface area contributed by atoms with Crippen molar-refractivity contribution in [2.24, 2.45) is 0 Å². The third-order valence-corrected chi connectivity index (χ3v) is 4.53. The molecule has 30 heavy (non-hydrogen) atoms. The number of benzene rings is 1. The lowest BCUT2D eigenvalue weighted by atomic mass is 10.1. The lowest BCUT2D eigenvalue weighted by molar-refractivity contribution is 0.0594. The second kappa shape index (κ2) is 8.36. The molecule has 0 fully saturated rings. The molecule has 0 saturated carbocycles. The summed E-state index contributed by atoms with van der Waals surface area (Å²) in [5, 5.41) is 9.43. The summed E-state index contributed by atoms with van der Waals surface area (Å²) in [7, 11) is 0. The minimum atomic E-state index is -3.35. The molecule has 2 heterocycles. The molecule has 3 aromatic rings. The van der Waals surface area contributed by atoms with Crippen molar-refractivity contribution in [1.82, 2.24) is 24.5 Å². The lowest BCUT2D eigenvalue weighted by Crippen LogP contribution is -2.40. The van der Waals surface area contributed by atoms with Crippen molar-refractivity contribution < 1.29 is 13.5 Å². The van der Waals surface area contributed by atoms with Crippen LogP contribution in [0.5, 0.6) is 11.6 Å². The molecule has 1 N–H and O–H groups in total. The van der Waals surface area contributed by atoms with E-state index in [-0.39, 0.29) is 43.4 Å². The number of nitrogens with zero attached hydrogens (tertiary/aromatic N) is 4. The Morgan fingerprint density at radius 1 is 1.10 bits per heavy atom. The normalized spacial score (nSPS) is 11.3. The predicted molar refractivity (Wildman–Crippen MR) is 104 cm³/mol. The highest BCUT2D eigenvalue weighted by molar-refractivity contribution is 6.37. The Hall–Kier alpha value is -3.05. The Bertz CT molecular complexity index is 1260. The number of aromatic amines is 1. The molecule has 0 aliphatic rings. The quantitative estimate of drug-likeness (QED) is 0.627. The van der Waals surface area contributed by atoms with Crippen LogP contribution >= 0.6 is 23.2 Å². The molecular weight excluding hydrogens is 447 g/mol. The molecule has 0 aliphatic carbocycles. The Balaban J connectivity index is 2.05. The average molecular weight is 460 g/mol. The van der Waals surface area contributed by atoms with Gasteiger partial charge in [-0.15, -0.1) is 5.10 Å². The van der Waals surface area contributed by atoms with Gasteiger partial charge in [0, 0.05) is 11.6 Å². The second-order valence-corrected chi connectivity index (χ2v) is 7.13. The van der Waals surface area contributed by atoms with Gasteiger partial charge in [0.05, 0.1) is 15.7 Å². The summed E-state index contributed by atoms with van der Waals surface area (Å²) < 4.78 is 31.8. The monoisotopic (exact) mass is 459 g/mol. The minimum absolute atomic E-state index is 0.0105. The van der Waals surface area contributed by atoms with E-state index in [4.69, 9.17) is 27.9 Å². The number of hydrogen-bond acceptors (Lipinski definition) is 6. The van der Waals surface area contributed by atoms with E-state index in [9.17, 15) is 23.2 Å². The van der Waals surface area contributed by atoms with Crippen LogP contribution in [0.3, 0.4) is 0 Å². The van der Waals surface area contributed by atoms with E-state index in [2.05, 4.69) is 15.3 Å². The Kier molecular flexibility index (Phi) is 6.04. The molecule has 158 valence electrons. The third-order valence-electron chi connectivity index (χ3n) is 3.97. The van der Waals surface area contributed by atoms with Crippen molar-refractivity contribution >= 4 is 23.2 Å².